The quantitative estimate of drug-likeness (QED) is 0.117. The summed E-state index contributed by atoms with van der Waals surface area (Å²) in [5.41, 5.74) is 0.217. The van der Waals surface area contributed by atoms with Crippen molar-refractivity contribution in [1.29, 1.82) is 4.78 Å². The van der Waals surface area contributed by atoms with E-state index in [-0.39, 0.29) is 53.7 Å². The molecule has 0 spiro atoms. The summed E-state index contributed by atoms with van der Waals surface area (Å²) >= 11 is 0. The van der Waals surface area contributed by atoms with E-state index in [1.54, 1.807) is 39.0 Å². The topological polar surface area (TPSA) is 150 Å². The van der Waals surface area contributed by atoms with Crippen molar-refractivity contribution in [2.45, 2.75) is 62.9 Å². The van der Waals surface area contributed by atoms with Crippen molar-refractivity contribution in [1.82, 2.24) is 9.47 Å². The number of aromatic nitrogens is 1. The molecular weight excluding hydrogens is 715 g/mol. The predicted molar refractivity (Wildman–Crippen MR) is 198 cm³/mol. The smallest absolute Gasteiger partial charge is 0.415 e. The summed E-state index contributed by atoms with van der Waals surface area (Å²) in [7, 11) is -1.23. The number of hydrogen-bond donors (Lipinski definition) is 4. The lowest BCUT2D eigenvalue weighted by molar-refractivity contribution is -0.140. The number of anilines is 2. The number of aromatic hydroxyl groups is 1. The van der Waals surface area contributed by atoms with Crippen LogP contribution in [0.5, 0.6) is 5.75 Å². The van der Waals surface area contributed by atoms with Crippen LogP contribution < -0.4 is 10.2 Å². The molecule has 1 aliphatic rings. The van der Waals surface area contributed by atoms with Crippen molar-refractivity contribution < 1.29 is 46.6 Å². The first kappa shape index (κ1) is 41.7. The number of ether oxygens (including phenoxy) is 3. The van der Waals surface area contributed by atoms with Crippen LogP contribution in [0, 0.1) is 22.5 Å². The molecule has 0 aliphatic carbocycles. The average Bonchev–Trinajstić information content (AvgIpc) is 3.38. The molecule has 4 N–H and O–H groups in total. The van der Waals surface area contributed by atoms with E-state index in [1.165, 1.54) is 24.5 Å². The van der Waals surface area contributed by atoms with E-state index < -0.39 is 34.1 Å². The maximum Gasteiger partial charge on any atom is 0.415 e. The number of likely N-dealkylation sites (tertiary alicyclic amines) is 1. The molecule has 16 heteroatoms. The molecule has 12 nitrogen and oxygen atoms in total. The molecule has 1 unspecified atom stereocenters. The summed E-state index contributed by atoms with van der Waals surface area (Å²) in [5.74, 6) is 5.51. The van der Waals surface area contributed by atoms with Gasteiger partial charge < -0.3 is 39.2 Å². The van der Waals surface area contributed by atoms with Crippen molar-refractivity contribution in [3.63, 3.8) is 0 Å². The van der Waals surface area contributed by atoms with Gasteiger partial charge in [0.2, 0.25) is 0 Å². The van der Waals surface area contributed by atoms with Crippen molar-refractivity contribution in [2.24, 2.45) is 5.92 Å². The minimum atomic E-state index is -4.56. The predicted octanol–water partition coefficient (Wildman–Crippen LogP) is 5.89. The summed E-state index contributed by atoms with van der Waals surface area (Å²) in [6.45, 7) is 6.51. The average molecular weight is 766 g/mol. The molecule has 1 aromatic heterocycles. The third kappa shape index (κ3) is 12.5. The Morgan fingerprint density at radius 2 is 1.83 bits per heavy atom. The van der Waals surface area contributed by atoms with Crippen LogP contribution in [-0.2, 0) is 30.5 Å². The Hall–Kier alpha value is -4.01. The Kier molecular flexibility index (Phi) is 14.1. The number of aliphatic hydroxyl groups is 1. The van der Waals surface area contributed by atoms with Crippen molar-refractivity contribution in [2.75, 3.05) is 76.2 Å². The Morgan fingerprint density at radius 3 is 2.49 bits per heavy atom. The summed E-state index contributed by atoms with van der Waals surface area (Å²) in [5, 5.41) is 23.4. The van der Waals surface area contributed by atoms with Crippen molar-refractivity contribution in [3.05, 3.63) is 48.2 Å². The number of benzene rings is 2. The molecule has 2 aromatic carbocycles. The summed E-state index contributed by atoms with van der Waals surface area (Å²) < 4.78 is 80.1. The largest absolute Gasteiger partial charge is 0.508 e. The van der Waals surface area contributed by atoms with Gasteiger partial charge in [-0.05, 0) is 89.4 Å². The zero-order valence-corrected chi connectivity index (χ0v) is 31.6. The molecule has 1 fully saturated rings. The number of nitrogens with zero attached hydrogens (tertiary/aromatic N) is 3. The second-order valence-electron chi connectivity index (χ2n) is 14.2. The minimum absolute atomic E-state index is 0.0254. The molecule has 53 heavy (non-hydrogen) atoms. The van der Waals surface area contributed by atoms with Gasteiger partial charge in [0, 0.05) is 42.6 Å². The summed E-state index contributed by atoms with van der Waals surface area (Å²) in [6.07, 6.45) is -2.66. The van der Waals surface area contributed by atoms with Gasteiger partial charge in [0.25, 0.3) is 0 Å². The normalized spacial score (nSPS) is 17.9. The maximum absolute atomic E-state index is 14.0. The summed E-state index contributed by atoms with van der Waals surface area (Å²) in [6, 6.07) is 10.5. The van der Waals surface area contributed by atoms with Gasteiger partial charge in [0.05, 0.1) is 64.5 Å². The number of piperidine rings is 1. The van der Waals surface area contributed by atoms with E-state index in [9.17, 15) is 27.3 Å². The molecule has 1 amide bonds. The lowest BCUT2D eigenvalue weighted by Gasteiger charge is -2.38. The number of hydrogen-bond acceptors (Lipinski definition) is 10. The highest BCUT2D eigenvalue weighted by Gasteiger charge is 2.31. The standard InChI is InChI=1S/C37H50F3N5O7S/c1-36(2,3)52-35(48)44(28-20-29(47)23-30(21-28)53(5,41)49)13-7-8-27-22-31-33(9-6-10-34(31)45(27)25-37(38,39)40)42-32-11-14-43(4)24-26(32)12-16-50-18-19-51-17-15-46/h6,9-10,20-23,26,32,41-42,46-47H,11-19,24-25H2,1-5H3/t26-,32-,53?/m1/s1. The Morgan fingerprint density at radius 1 is 1.11 bits per heavy atom. The van der Waals surface area contributed by atoms with Gasteiger partial charge in [0.15, 0.2) is 0 Å². The van der Waals surface area contributed by atoms with E-state index in [1.807, 2.05) is 6.07 Å². The van der Waals surface area contributed by atoms with Crippen LogP contribution >= 0.6 is 0 Å². The molecule has 3 atom stereocenters. The highest BCUT2D eigenvalue weighted by molar-refractivity contribution is 7.91. The fourth-order valence-corrected chi connectivity index (χ4v) is 6.81. The second kappa shape index (κ2) is 17.9. The number of alkyl halides is 3. The highest BCUT2D eigenvalue weighted by atomic mass is 32.2. The third-order valence-corrected chi connectivity index (χ3v) is 9.64. The number of carbonyl (C=O) groups excluding carboxylic acids is 1. The number of halogens is 3. The van der Waals surface area contributed by atoms with Gasteiger partial charge in [-0.2, -0.15) is 13.2 Å². The molecule has 4 rings (SSSR count). The summed E-state index contributed by atoms with van der Waals surface area (Å²) in [4.78, 5) is 16.6. The monoisotopic (exact) mass is 765 g/mol. The van der Waals surface area contributed by atoms with Gasteiger partial charge in [-0.1, -0.05) is 12.0 Å². The number of aliphatic hydroxyl groups excluding tert-OH is 1. The third-order valence-electron chi connectivity index (χ3n) is 8.51. The van der Waals surface area contributed by atoms with Crippen molar-refractivity contribution in [3.8, 4) is 17.6 Å². The van der Waals surface area contributed by atoms with Crippen LogP contribution in [0.3, 0.4) is 0 Å². The maximum atomic E-state index is 14.0. The van der Waals surface area contributed by atoms with E-state index in [2.05, 4.69) is 29.1 Å². The number of fused-ring (bicyclic) bond motifs is 1. The Bertz CT molecular complexity index is 1880. The van der Waals surface area contributed by atoms with Crippen LogP contribution in [0.1, 0.15) is 39.3 Å². The molecule has 3 aromatic rings. The minimum Gasteiger partial charge on any atom is -0.508 e. The molecule has 0 saturated carbocycles. The number of phenols is 1. The molecular formula is C37H50F3N5O7S. The fraction of sp³-hybridized carbons (Fsp3) is 0.541. The van der Waals surface area contributed by atoms with Gasteiger partial charge >= 0.3 is 12.3 Å². The fourth-order valence-electron chi connectivity index (χ4n) is 6.12. The molecule has 0 radical (unpaired) electrons. The van der Waals surface area contributed by atoms with Crippen LogP contribution in [0.2, 0.25) is 0 Å². The molecule has 1 aliphatic heterocycles. The zero-order valence-electron chi connectivity index (χ0n) is 30.8. The lowest BCUT2D eigenvalue weighted by atomic mass is 9.89. The van der Waals surface area contributed by atoms with Crippen LogP contribution in [0.4, 0.5) is 29.3 Å². The van der Waals surface area contributed by atoms with Crippen molar-refractivity contribution >= 4 is 38.1 Å². The number of nitrogens with one attached hydrogen (secondary N) is 2. The van der Waals surface area contributed by atoms with E-state index in [0.717, 1.165) is 35.4 Å². The first-order valence-electron chi connectivity index (χ1n) is 17.3. The number of phenolic OH excluding ortho intramolecular Hbond substituents is 1. The number of rotatable bonds is 14. The highest BCUT2D eigenvalue weighted by Crippen LogP contribution is 2.33. The molecule has 2 heterocycles. The number of carbonyl (C=O) groups is 1. The zero-order chi connectivity index (χ0) is 39.0. The van der Waals surface area contributed by atoms with Gasteiger partial charge in [-0.3, -0.25) is 4.90 Å². The Balaban J connectivity index is 1.65. The van der Waals surface area contributed by atoms with Crippen LogP contribution in [0.15, 0.2) is 47.4 Å². The SMILES string of the molecule is CN1CC[C@@H](Nc2cccc3c2cc(C#CCN(C(=O)OC(C)(C)C)c2cc(O)cc(S(C)(=N)=O)c2)n3CC(F)(F)F)[C@H](CCOCCOCCO)C1. The van der Waals surface area contributed by atoms with E-state index in [4.69, 9.17) is 24.1 Å². The van der Waals surface area contributed by atoms with Crippen LogP contribution in [0.25, 0.3) is 10.9 Å². The molecule has 292 valence electrons. The van der Waals surface area contributed by atoms with Gasteiger partial charge in [-0.25, -0.2) is 13.8 Å². The van der Waals surface area contributed by atoms with Gasteiger partial charge in [-0.15, -0.1) is 0 Å². The van der Waals surface area contributed by atoms with Gasteiger partial charge in [0.1, 0.15) is 17.9 Å². The second-order valence-corrected chi connectivity index (χ2v) is 16.3. The van der Waals surface area contributed by atoms with E-state index in [0.29, 0.717) is 36.4 Å². The molecule has 1 saturated heterocycles. The molecule has 0 bridgehead atoms. The lowest BCUT2D eigenvalue weighted by Crippen LogP contribution is -2.45. The first-order chi connectivity index (χ1) is 24.8. The van der Waals surface area contributed by atoms with E-state index >= 15 is 0 Å². The first-order valence-corrected chi connectivity index (χ1v) is 19.3. The van der Waals surface area contributed by atoms with Crippen LogP contribution in [-0.4, -0.2) is 114 Å². The number of amides is 1. The Labute approximate surface area is 309 Å².